The average molecular weight is 255 g/mol. The molecule has 0 aliphatic carbocycles. The van der Waals surface area contributed by atoms with Crippen molar-refractivity contribution in [1.29, 1.82) is 10.5 Å². The van der Waals surface area contributed by atoms with Gasteiger partial charge in [-0.2, -0.15) is 10.5 Å². The Bertz CT molecular complexity index is 526. The maximum absolute atomic E-state index is 9.11. The van der Waals surface area contributed by atoms with E-state index in [0.29, 0.717) is 12.8 Å². The van der Waals surface area contributed by atoms with E-state index >= 15 is 0 Å². The van der Waals surface area contributed by atoms with Crippen molar-refractivity contribution in [3.05, 3.63) is 23.3 Å². The van der Waals surface area contributed by atoms with E-state index < -0.39 is 0 Å². The standard InChI is InChI=1S/C14H17N5/c1-11-17-8-13-4-6-19(10-14(13)18-11)9-12(7-16)3-2-5-15/h8,12H,2-4,6,9-10H2,1H3. The molecule has 0 fully saturated rings. The first-order valence-electron chi connectivity index (χ1n) is 6.53. The summed E-state index contributed by atoms with van der Waals surface area (Å²) in [4.78, 5) is 10.9. The maximum atomic E-state index is 9.11. The Kier molecular flexibility index (Phi) is 4.43. The quantitative estimate of drug-likeness (QED) is 0.816. The van der Waals surface area contributed by atoms with Gasteiger partial charge in [-0.1, -0.05) is 0 Å². The lowest BCUT2D eigenvalue weighted by molar-refractivity contribution is 0.224. The van der Waals surface area contributed by atoms with Crippen LogP contribution in [-0.2, 0) is 13.0 Å². The van der Waals surface area contributed by atoms with Gasteiger partial charge < -0.3 is 0 Å². The van der Waals surface area contributed by atoms with Crippen LogP contribution in [0.25, 0.3) is 0 Å². The van der Waals surface area contributed by atoms with Crippen LogP contribution in [0.2, 0.25) is 0 Å². The third-order valence-electron chi connectivity index (χ3n) is 3.41. The van der Waals surface area contributed by atoms with E-state index in [9.17, 15) is 0 Å². The zero-order valence-electron chi connectivity index (χ0n) is 11.1. The van der Waals surface area contributed by atoms with E-state index in [2.05, 4.69) is 27.0 Å². The van der Waals surface area contributed by atoms with Crippen molar-refractivity contribution >= 4 is 0 Å². The minimum atomic E-state index is -0.0656. The average Bonchev–Trinajstić information content (AvgIpc) is 2.43. The summed E-state index contributed by atoms with van der Waals surface area (Å²) in [6, 6.07) is 4.40. The third kappa shape index (κ3) is 3.49. The molecular weight excluding hydrogens is 238 g/mol. The molecule has 0 spiro atoms. The topological polar surface area (TPSA) is 76.6 Å². The lowest BCUT2D eigenvalue weighted by Crippen LogP contribution is -2.35. The molecule has 19 heavy (non-hydrogen) atoms. The van der Waals surface area contributed by atoms with E-state index in [1.54, 1.807) is 0 Å². The molecule has 98 valence electrons. The Hall–Kier alpha value is -1.98. The molecule has 1 unspecified atom stereocenters. The summed E-state index contributed by atoms with van der Waals surface area (Å²) in [6.45, 7) is 4.33. The van der Waals surface area contributed by atoms with Gasteiger partial charge in [0, 0.05) is 32.3 Å². The summed E-state index contributed by atoms with van der Waals surface area (Å²) in [5.74, 6) is 0.728. The molecule has 1 aliphatic rings. The van der Waals surface area contributed by atoms with Gasteiger partial charge in [-0.3, -0.25) is 4.90 Å². The summed E-state index contributed by atoms with van der Waals surface area (Å²) in [7, 11) is 0. The van der Waals surface area contributed by atoms with Crippen LogP contribution in [0.5, 0.6) is 0 Å². The number of nitriles is 2. The SMILES string of the molecule is Cc1ncc2c(n1)CN(CC(C#N)CCC#N)CC2. The Balaban J connectivity index is 1.98. The molecule has 1 atom stereocenters. The molecule has 0 radical (unpaired) electrons. The molecule has 0 N–H and O–H groups in total. The van der Waals surface area contributed by atoms with Crippen LogP contribution in [0.1, 0.15) is 29.9 Å². The Morgan fingerprint density at radius 2 is 2.32 bits per heavy atom. The number of rotatable bonds is 4. The predicted octanol–water partition coefficient (Wildman–Crippen LogP) is 1.59. The summed E-state index contributed by atoms with van der Waals surface area (Å²) in [5, 5.41) is 17.7. The van der Waals surface area contributed by atoms with Gasteiger partial charge in [0.15, 0.2) is 0 Å². The number of nitrogens with zero attached hydrogens (tertiary/aromatic N) is 5. The monoisotopic (exact) mass is 255 g/mol. The maximum Gasteiger partial charge on any atom is 0.125 e. The Morgan fingerprint density at radius 1 is 1.47 bits per heavy atom. The van der Waals surface area contributed by atoms with Gasteiger partial charge in [0.1, 0.15) is 5.82 Å². The first-order chi connectivity index (χ1) is 9.22. The smallest absolute Gasteiger partial charge is 0.125 e. The number of aryl methyl sites for hydroxylation is 1. The largest absolute Gasteiger partial charge is 0.296 e. The van der Waals surface area contributed by atoms with Crippen LogP contribution in [-0.4, -0.2) is 28.0 Å². The van der Waals surface area contributed by atoms with Crippen LogP contribution in [0.4, 0.5) is 0 Å². The predicted molar refractivity (Wildman–Crippen MR) is 69.7 cm³/mol. The molecule has 1 aromatic rings. The van der Waals surface area contributed by atoms with E-state index in [1.165, 1.54) is 5.56 Å². The fourth-order valence-electron chi connectivity index (χ4n) is 2.36. The molecule has 2 heterocycles. The van der Waals surface area contributed by atoms with Gasteiger partial charge in [0.25, 0.3) is 0 Å². The van der Waals surface area contributed by atoms with Crippen molar-refractivity contribution < 1.29 is 0 Å². The lowest BCUT2D eigenvalue weighted by Gasteiger charge is -2.29. The first-order valence-corrected chi connectivity index (χ1v) is 6.53. The highest BCUT2D eigenvalue weighted by molar-refractivity contribution is 5.20. The molecule has 2 rings (SSSR count). The fraction of sp³-hybridized carbons (Fsp3) is 0.571. The second-order valence-electron chi connectivity index (χ2n) is 4.90. The van der Waals surface area contributed by atoms with Crippen molar-refractivity contribution in [1.82, 2.24) is 14.9 Å². The number of hydrogen-bond donors (Lipinski definition) is 0. The minimum Gasteiger partial charge on any atom is -0.296 e. The van der Waals surface area contributed by atoms with E-state index in [0.717, 1.165) is 37.6 Å². The highest BCUT2D eigenvalue weighted by Gasteiger charge is 2.20. The summed E-state index contributed by atoms with van der Waals surface area (Å²) >= 11 is 0. The lowest BCUT2D eigenvalue weighted by atomic mass is 10.0. The molecule has 0 saturated carbocycles. The molecule has 0 amide bonds. The van der Waals surface area contributed by atoms with Crippen molar-refractivity contribution in [2.75, 3.05) is 13.1 Å². The molecule has 0 aromatic carbocycles. The highest BCUT2D eigenvalue weighted by atomic mass is 15.1. The van der Waals surface area contributed by atoms with E-state index in [-0.39, 0.29) is 5.92 Å². The summed E-state index contributed by atoms with van der Waals surface area (Å²) in [5.41, 5.74) is 2.29. The molecule has 1 aliphatic heterocycles. The number of aromatic nitrogens is 2. The molecule has 1 aromatic heterocycles. The molecule has 0 saturated heterocycles. The van der Waals surface area contributed by atoms with Crippen LogP contribution in [0.3, 0.4) is 0 Å². The van der Waals surface area contributed by atoms with Crippen LogP contribution in [0, 0.1) is 35.5 Å². The van der Waals surface area contributed by atoms with Crippen LogP contribution in [0.15, 0.2) is 6.20 Å². The zero-order valence-corrected chi connectivity index (χ0v) is 11.1. The van der Waals surface area contributed by atoms with Crippen molar-refractivity contribution in [2.45, 2.75) is 32.7 Å². The molecular formula is C14H17N5. The normalized spacial score (nSPS) is 16.2. The van der Waals surface area contributed by atoms with Crippen LogP contribution < -0.4 is 0 Å². The van der Waals surface area contributed by atoms with Crippen molar-refractivity contribution in [3.63, 3.8) is 0 Å². The van der Waals surface area contributed by atoms with Crippen molar-refractivity contribution in [2.24, 2.45) is 5.92 Å². The Morgan fingerprint density at radius 3 is 3.05 bits per heavy atom. The van der Waals surface area contributed by atoms with Crippen molar-refractivity contribution in [3.8, 4) is 12.1 Å². The zero-order chi connectivity index (χ0) is 13.7. The molecule has 5 heteroatoms. The highest BCUT2D eigenvalue weighted by Crippen LogP contribution is 2.18. The summed E-state index contributed by atoms with van der Waals surface area (Å²) < 4.78 is 0. The second-order valence-corrected chi connectivity index (χ2v) is 4.90. The van der Waals surface area contributed by atoms with Gasteiger partial charge in [0.05, 0.1) is 23.8 Å². The van der Waals surface area contributed by atoms with Gasteiger partial charge in [-0.05, 0) is 25.3 Å². The first kappa shape index (κ1) is 13.5. The van der Waals surface area contributed by atoms with Gasteiger partial charge in [-0.25, -0.2) is 9.97 Å². The number of hydrogen-bond acceptors (Lipinski definition) is 5. The molecule has 5 nitrogen and oxygen atoms in total. The van der Waals surface area contributed by atoms with E-state index in [4.69, 9.17) is 10.5 Å². The summed E-state index contributed by atoms with van der Waals surface area (Å²) in [6.07, 6.45) is 3.95. The van der Waals surface area contributed by atoms with Crippen LogP contribution >= 0.6 is 0 Å². The van der Waals surface area contributed by atoms with Gasteiger partial charge in [-0.15, -0.1) is 0 Å². The fourth-order valence-corrected chi connectivity index (χ4v) is 2.36. The van der Waals surface area contributed by atoms with Gasteiger partial charge in [0.2, 0.25) is 0 Å². The Labute approximate surface area is 113 Å². The number of fused-ring (bicyclic) bond motifs is 1. The second kappa shape index (κ2) is 6.26. The minimum absolute atomic E-state index is 0.0656. The van der Waals surface area contributed by atoms with Gasteiger partial charge >= 0.3 is 0 Å². The molecule has 0 bridgehead atoms. The van der Waals surface area contributed by atoms with E-state index in [1.807, 2.05) is 13.1 Å². The third-order valence-corrected chi connectivity index (χ3v) is 3.41.